The van der Waals surface area contributed by atoms with Crippen LogP contribution in [0.2, 0.25) is 0 Å². The van der Waals surface area contributed by atoms with E-state index < -0.39 is 0 Å². The molecule has 2 heteroatoms. The molecule has 1 aromatic rings. The Morgan fingerprint density at radius 1 is 1.43 bits per heavy atom. The van der Waals surface area contributed by atoms with E-state index in [1.54, 1.807) is 0 Å². The fraction of sp³-hybridized carbons (Fsp3) is 0.417. The van der Waals surface area contributed by atoms with Gasteiger partial charge in [-0.15, -0.1) is 0 Å². The first-order valence-corrected chi connectivity index (χ1v) is 4.91. The first-order chi connectivity index (χ1) is 6.74. The predicted octanol–water partition coefficient (Wildman–Crippen LogP) is 2.04. The zero-order valence-electron chi connectivity index (χ0n) is 8.75. The number of benzene rings is 1. The summed E-state index contributed by atoms with van der Waals surface area (Å²) in [5.41, 5.74) is 2.67. The fourth-order valence-corrected chi connectivity index (χ4v) is 1.36. The van der Waals surface area contributed by atoms with E-state index in [1.165, 1.54) is 11.1 Å². The molecule has 0 aliphatic carbocycles. The summed E-state index contributed by atoms with van der Waals surface area (Å²) in [5.74, 6) is 0. The molecule has 2 nitrogen and oxygen atoms in total. The summed E-state index contributed by atoms with van der Waals surface area (Å²) >= 11 is 0. The third-order valence-electron chi connectivity index (χ3n) is 2.30. The van der Waals surface area contributed by atoms with Gasteiger partial charge in [0.1, 0.15) is 0 Å². The monoisotopic (exact) mass is 188 g/mol. The van der Waals surface area contributed by atoms with Crippen molar-refractivity contribution in [2.45, 2.75) is 26.3 Å². The van der Waals surface area contributed by atoms with Gasteiger partial charge < -0.3 is 5.32 Å². The standard InChI is InChI=1S/C12H16N2/c1-10-5-3-4-6-12(10)7-8-14-11(2)9-13/h3-6,11,14H,7-8H2,1-2H3. The number of rotatable bonds is 4. The van der Waals surface area contributed by atoms with Crippen LogP contribution in [0, 0.1) is 18.3 Å². The van der Waals surface area contributed by atoms with Crippen LogP contribution in [0.15, 0.2) is 24.3 Å². The summed E-state index contributed by atoms with van der Waals surface area (Å²) in [6.45, 7) is 4.85. The van der Waals surface area contributed by atoms with Crippen molar-refractivity contribution in [3.05, 3.63) is 35.4 Å². The molecule has 74 valence electrons. The van der Waals surface area contributed by atoms with Crippen LogP contribution in [-0.2, 0) is 6.42 Å². The van der Waals surface area contributed by atoms with E-state index >= 15 is 0 Å². The molecular weight excluding hydrogens is 172 g/mol. The second-order valence-corrected chi connectivity index (χ2v) is 3.48. The van der Waals surface area contributed by atoms with Crippen LogP contribution in [-0.4, -0.2) is 12.6 Å². The number of hydrogen-bond donors (Lipinski definition) is 1. The normalized spacial score (nSPS) is 12.1. The van der Waals surface area contributed by atoms with E-state index in [4.69, 9.17) is 5.26 Å². The van der Waals surface area contributed by atoms with Crippen molar-refractivity contribution in [2.24, 2.45) is 0 Å². The Labute approximate surface area is 85.6 Å². The van der Waals surface area contributed by atoms with Crippen molar-refractivity contribution in [3.63, 3.8) is 0 Å². The Kier molecular flexibility index (Phi) is 4.15. The highest BCUT2D eigenvalue weighted by molar-refractivity contribution is 5.25. The second-order valence-electron chi connectivity index (χ2n) is 3.48. The van der Waals surface area contributed by atoms with Gasteiger partial charge in [0.15, 0.2) is 0 Å². The first-order valence-electron chi connectivity index (χ1n) is 4.91. The molecule has 0 bridgehead atoms. The van der Waals surface area contributed by atoms with Gasteiger partial charge >= 0.3 is 0 Å². The van der Waals surface area contributed by atoms with Crippen LogP contribution in [0.3, 0.4) is 0 Å². The maximum absolute atomic E-state index is 8.57. The van der Waals surface area contributed by atoms with Crippen LogP contribution in [0.5, 0.6) is 0 Å². The summed E-state index contributed by atoms with van der Waals surface area (Å²) in [5, 5.41) is 11.7. The van der Waals surface area contributed by atoms with E-state index in [1.807, 2.05) is 13.0 Å². The van der Waals surface area contributed by atoms with Crippen LogP contribution < -0.4 is 5.32 Å². The van der Waals surface area contributed by atoms with Gasteiger partial charge in [0.25, 0.3) is 0 Å². The van der Waals surface area contributed by atoms with Gasteiger partial charge in [-0.1, -0.05) is 24.3 Å². The lowest BCUT2D eigenvalue weighted by molar-refractivity contribution is 0.640. The third-order valence-corrected chi connectivity index (χ3v) is 2.30. The average molecular weight is 188 g/mol. The van der Waals surface area contributed by atoms with Crippen LogP contribution in [0.25, 0.3) is 0 Å². The van der Waals surface area contributed by atoms with Crippen LogP contribution in [0.4, 0.5) is 0 Å². The molecule has 0 radical (unpaired) electrons. The minimum atomic E-state index is -0.0565. The van der Waals surface area contributed by atoms with Gasteiger partial charge in [0, 0.05) is 6.54 Å². The Morgan fingerprint density at radius 3 is 2.79 bits per heavy atom. The highest BCUT2D eigenvalue weighted by atomic mass is 14.9. The lowest BCUT2D eigenvalue weighted by atomic mass is 10.1. The van der Waals surface area contributed by atoms with Gasteiger partial charge in [0.05, 0.1) is 12.1 Å². The van der Waals surface area contributed by atoms with Gasteiger partial charge in [0.2, 0.25) is 0 Å². The van der Waals surface area contributed by atoms with E-state index in [0.717, 1.165) is 13.0 Å². The molecule has 0 saturated heterocycles. The van der Waals surface area contributed by atoms with E-state index in [9.17, 15) is 0 Å². The first kappa shape index (κ1) is 10.7. The van der Waals surface area contributed by atoms with Crippen molar-refractivity contribution < 1.29 is 0 Å². The molecule has 0 aliphatic heterocycles. The van der Waals surface area contributed by atoms with Crippen molar-refractivity contribution in [3.8, 4) is 6.07 Å². The summed E-state index contributed by atoms with van der Waals surface area (Å²) in [4.78, 5) is 0. The maximum Gasteiger partial charge on any atom is 0.0924 e. The number of nitrogens with one attached hydrogen (secondary N) is 1. The molecule has 1 rings (SSSR count). The van der Waals surface area contributed by atoms with Gasteiger partial charge in [-0.25, -0.2) is 0 Å². The van der Waals surface area contributed by atoms with Gasteiger partial charge in [-0.2, -0.15) is 5.26 Å². The molecule has 0 amide bonds. The molecule has 14 heavy (non-hydrogen) atoms. The number of nitrogens with zero attached hydrogens (tertiary/aromatic N) is 1. The molecule has 1 aromatic carbocycles. The zero-order chi connectivity index (χ0) is 10.4. The van der Waals surface area contributed by atoms with Crippen LogP contribution in [0.1, 0.15) is 18.1 Å². The lowest BCUT2D eigenvalue weighted by Crippen LogP contribution is -2.26. The van der Waals surface area contributed by atoms with E-state index in [0.29, 0.717) is 0 Å². The SMILES string of the molecule is Cc1ccccc1CCNC(C)C#N. The topological polar surface area (TPSA) is 35.8 Å². The molecule has 1 atom stereocenters. The number of nitriles is 1. The smallest absolute Gasteiger partial charge is 0.0924 e. The fourth-order valence-electron chi connectivity index (χ4n) is 1.36. The minimum Gasteiger partial charge on any atom is -0.302 e. The lowest BCUT2D eigenvalue weighted by Gasteiger charge is -2.07. The molecule has 0 heterocycles. The molecule has 1 N–H and O–H groups in total. The molecule has 1 unspecified atom stereocenters. The Bertz CT molecular complexity index is 325. The van der Waals surface area contributed by atoms with Gasteiger partial charge in [-0.05, 0) is 31.4 Å². The molecule has 0 aromatic heterocycles. The Morgan fingerprint density at radius 2 is 2.14 bits per heavy atom. The summed E-state index contributed by atoms with van der Waals surface area (Å²) in [6.07, 6.45) is 0.985. The summed E-state index contributed by atoms with van der Waals surface area (Å²) < 4.78 is 0. The number of aryl methyl sites for hydroxylation is 1. The van der Waals surface area contributed by atoms with Crippen molar-refractivity contribution in [1.29, 1.82) is 5.26 Å². The second kappa shape index (κ2) is 5.41. The molecular formula is C12H16N2. The molecule has 0 aliphatic rings. The Balaban J connectivity index is 2.40. The molecule has 0 saturated carbocycles. The van der Waals surface area contributed by atoms with Crippen LogP contribution >= 0.6 is 0 Å². The zero-order valence-corrected chi connectivity index (χ0v) is 8.75. The predicted molar refractivity (Wildman–Crippen MR) is 58.0 cm³/mol. The summed E-state index contributed by atoms with van der Waals surface area (Å²) in [7, 11) is 0. The number of hydrogen-bond acceptors (Lipinski definition) is 2. The Hall–Kier alpha value is -1.33. The highest BCUT2D eigenvalue weighted by Crippen LogP contribution is 2.06. The van der Waals surface area contributed by atoms with Crippen molar-refractivity contribution in [1.82, 2.24) is 5.32 Å². The van der Waals surface area contributed by atoms with Crippen molar-refractivity contribution >= 4 is 0 Å². The average Bonchev–Trinajstić information content (AvgIpc) is 2.20. The van der Waals surface area contributed by atoms with E-state index in [-0.39, 0.29) is 6.04 Å². The summed E-state index contributed by atoms with van der Waals surface area (Å²) in [6, 6.07) is 10.4. The maximum atomic E-state index is 8.57. The highest BCUT2D eigenvalue weighted by Gasteiger charge is 1.99. The molecule has 0 spiro atoms. The molecule has 0 fully saturated rings. The minimum absolute atomic E-state index is 0.0565. The van der Waals surface area contributed by atoms with Gasteiger partial charge in [-0.3, -0.25) is 0 Å². The third kappa shape index (κ3) is 3.20. The quantitative estimate of drug-likeness (QED) is 0.784. The van der Waals surface area contributed by atoms with E-state index in [2.05, 4.69) is 36.5 Å². The largest absolute Gasteiger partial charge is 0.302 e. The van der Waals surface area contributed by atoms with Crippen molar-refractivity contribution in [2.75, 3.05) is 6.54 Å².